The van der Waals surface area contributed by atoms with E-state index in [9.17, 15) is 4.79 Å². The summed E-state index contributed by atoms with van der Waals surface area (Å²) in [5.41, 5.74) is 5.48. The molecule has 1 aliphatic heterocycles. The fourth-order valence-corrected chi connectivity index (χ4v) is 5.38. The molecule has 1 amide bonds. The van der Waals surface area contributed by atoms with Gasteiger partial charge in [-0.2, -0.15) is 0 Å². The molecule has 0 unspecified atom stereocenters. The zero-order valence-corrected chi connectivity index (χ0v) is 18.1. The molecule has 5 rings (SSSR count). The number of likely N-dealkylation sites (tertiary alicyclic amines) is 1. The molecule has 1 saturated carbocycles. The molecule has 1 atom stereocenters. The second kappa shape index (κ2) is 8.00. The van der Waals surface area contributed by atoms with Gasteiger partial charge in [0.15, 0.2) is 0 Å². The molecule has 2 aromatic heterocycles. The van der Waals surface area contributed by atoms with E-state index in [1.807, 2.05) is 35.0 Å². The van der Waals surface area contributed by atoms with Gasteiger partial charge in [0.25, 0.3) is 0 Å². The molecule has 1 aromatic carbocycles. The van der Waals surface area contributed by atoms with Crippen molar-refractivity contribution in [1.82, 2.24) is 14.8 Å². The van der Waals surface area contributed by atoms with E-state index in [1.165, 1.54) is 5.56 Å². The standard InChI is InChI=1S/C24H27N3O2S/c1-26(15-20-16-30-17-25-20)23(28)21-13-24(21)7-9-27(10-8-24)14-18-4-2-5-19(12-18)22-6-3-11-29-22/h2-6,11-12,16-17,21H,7-10,13-15H2,1H3/t21-/m1/s1. The summed E-state index contributed by atoms with van der Waals surface area (Å²) in [5, 5.41) is 2.02. The van der Waals surface area contributed by atoms with Crippen molar-refractivity contribution in [3.8, 4) is 11.3 Å². The minimum Gasteiger partial charge on any atom is -0.464 e. The van der Waals surface area contributed by atoms with Crippen molar-refractivity contribution in [2.24, 2.45) is 11.3 Å². The molecule has 2 fully saturated rings. The Morgan fingerprint density at radius 2 is 2.17 bits per heavy atom. The number of carbonyl (C=O) groups is 1. The molecule has 1 aliphatic carbocycles. The highest BCUT2D eigenvalue weighted by atomic mass is 32.1. The van der Waals surface area contributed by atoms with Crippen LogP contribution in [0.15, 0.2) is 58.0 Å². The molecule has 1 spiro atoms. The predicted molar refractivity (Wildman–Crippen MR) is 118 cm³/mol. The molecule has 30 heavy (non-hydrogen) atoms. The summed E-state index contributed by atoms with van der Waals surface area (Å²) < 4.78 is 5.53. The van der Waals surface area contributed by atoms with E-state index in [-0.39, 0.29) is 11.3 Å². The van der Waals surface area contributed by atoms with Crippen LogP contribution in [0.4, 0.5) is 0 Å². The summed E-state index contributed by atoms with van der Waals surface area (Å²) >= 11 is 1.58. The number of furan rings is 1. The van der Waals surface area contributed by atoms with Crippen LogP contribution < -0.4 is 0 Å². The van der Waals surface area contributed by atoms with Crippen LogP contribution in [0.2, 0.25) is 0 Å². The Hall–Kier alpha value is -2.44. The van der Waals surface area contributed by atoms with E-state index in [1.54, 1.807) is 17.6 Å². The number of aromatic nitrogens is 1. The van der Waals surface area contributed by atoms with Gasteiger partial charge in [-0.05, 0) is 61.5 Å². The first-order chi connectivity index (χ1) is 14.6. The fraction of sp³-hybridized carbons (Fsp3) is 0.417. The van der Waals surface area contributed by atoms with Gasteiger partial charge < -0.3 is 9.32 Å². The number of hydrogen-bond acceptors (Lipinski definition) is 5. The summed E-state index contributed by atoms with van der Waals surface area (Å²) in [7, 11) is 1.91. The zero-order valence-electron chi connectivity index (χ0n) is 17.3. The maximum Gasteiger partial charge on any atom is 0.226 e. The van der Waals surface area contributed by atoms with Crippen LogP contribution in [-0.4, -0.2) is 40.8 Å². The molecular weight excluding hydrogens is 394 g/mol. The molecular formula is C24H27N3O2S. The Morgan fingerprint density at radius 3 is 2.90 bits per heavy atom. The third-order valence-electron chi connectivity index (χ3n) is 6.74. The van der Waals surface area contributed by atoms with E-state index in [2.05, 4.69) is 34.1 Å². The van der Waals surface area contributed by atoms with Gasteiger partial charge in [-0.1, -0.05) is 18.2 Å². The van der Waals surface area contributed by atoms with Gasteiger partial charge in [0.2, 0.25) is 5.91 Å². The summed E-state index contributed by atoms with van der Waals surface area (Å²) in [6, 6.07) is 12.5. The van der Waals surface area contributed by atoms with Gasteiger partial charge in [0.1, 0.15) is 5.76 Å². The first-order valence-electron chi connectivity index (χ1n) is 10.6. The number of piperidine rings is 1. The van der Waals surface area contributed by atoms with Crippen LogP contribution in [-0.2, 0) is 17.9 Å². The smallest absolute Gasteiger partial charge is 0.226 e. The summed E-state index contributed by atoms with van der Waals surface area (Å²) in [5.74, 6) is 1.41. The molecule has 0 radical (unpaired) electrons. The number of hydrogen-bond donors (Lipinski definition) is 0. The Morgan fingerprint density at radius 1 is 1.30 bits per heavy atom. The first kappa shape index (κ1) is 19.5. The lowest BCUT2D eigenvalue weighted by molar-refractivity contribution is -0.133. The summed E-state index contributed by atoms with van der Waals surface area (Å²) in [6.45, 7) is 3.69. The number of carbonyl (C=O) groups excluding carboxylic acids is 1. The van der Waals surface area contributed by atoms with E-state index in [0.717, 1.165) is 55.9 Å². The van der Waals surface area contributed by atoms with E-state index in [4.69, 9.17) is 4.42 Å². The maximum absolute atomic E-state index is 12.9. The fourth-order valence-electron chi connectivity index (χ4n) is 4.83. The molecule has 3 aromatic rings. The average Bonchev–Trinajstić information content (AvgIpc) is 3.17. The van der Waals surface area contributed by atoms with Gasteiger partial charge in [0, 0.05) is 30.5 Å². The molecule has 2 aliphatic rings. The van der Waals surface area contributed by atoms with Crippen LogP contribution in [0.3, 0.4) is 0 Å². The highest BCUT2D eigenvalue weighted by Crippen LogP contribution is 2.60. The number of nitrogens with zero attached hydrogens (tertiary/aromatic N) is 3. The Labute approximate surface area is 181 Å². The lowest BCUT2D eigenvalue weighted by Gasteiger charge is -2.33. The molecule has 156 valence electrons. The molecule has 0 N–H and O–H groups in total. The Kier molecular flexibility index (Phi) is 5.21. The second-order valence-corrected chi connectivity index (χ2v) is 9.47. The molecule has 5 nitrogen and oxygen atoms in total. The van der Waals surface area contributed by atoms with Crippen molar-refractivity contribution in [2.75, 3.05) is 20.1 Å². The molecule has 3 heterocycles. The SMILES string of the molecule is CN(Cc1cscn1)C(=O)[C@H]1CC12CCN(Cc1cccc(-c3ccco3)c1)CC2. The number of thiazole rings is 1. The Balaban J connectivity index is 1.15. The van der Waals surface area contributed by atoms with Gasteiger partial charge in [-0.25, -0.2) is 4.98 Å². The zero-order chi connectivity index (χ0) is 20.6. The van der Waals surface area contributed by atoms with Crippen molar-refractivity contribution >= 4 is 17.2 Å². The first-order valence-corrected chi connectivity index (χ1v) is 11.5. The predicted octanol–water partition coefficient (Wildman–Crippen LogP) is 4.66. The third kappa shape index (κ3) is 3.94. The topological polar surface area (TPSA) is 49.6 Å². The van der Waals surface area contributed by atoms with Crippen LogP contribution >= 0.6 is 11.3 Å². The average molecular weight is 422 g/mol. The number of rotatable bonds is 6. The van der Waals surface area contributed by atoms with Crippen LogP contribution in [0, 0.1) is 11.3 Å². The number of benzene rings is 1. The summed E-state index contributed by atoms with van der Waals surface area (Å²) in [6.07, 6.45) is 5.00. The van der Waals surface area contributed by atoms with Crippen molar-refractivity contribution in [3.63, 3.8) is 0 Å². The van der Waals surface area contributed by atoms with Crippen LogP contribution in [0.5, 0.6) is 0 Å². The maximum atomic E-state index is 12.9. The summed E-state index contributed by atoms with van der Waals surface area (Å²) in [4.78, 5) is 21.6. The molecule has 6 heteroatoms. The van der Waals surface area contributed by atoms with Crippen LogP contribution in [0.25, 0.3) is 11.3 Å². The highest BCUT2D eigenvalue weighted by Gasteiger charge is 2.58. The van der Waals surface area contributed by atoms with Crippen LogP contribution in [0.1, 0.15) is 30.5 Å². The molecule has 1 saturated heterocycles. The monoisotopic (exact) mass is 421 g/mol. The largest absolute Gasteiger partial charge is 0.464 e. The highest BCUT2D eigenvalue weighted by molar-refractivity contribution is 7.07. The van der Waals surface area contributed by atoms with Gasteiger partial charge in [-0.15, -0.1) is 11.3 Å². The quantitative estimate of drug-likeness (QED) is 0.581. The van der Waals surface area contributed by atoms with Gasteiger partial charge in [-0.3, -0.25) is 9.69 Å². The normalized spacial score (nSPS) is 20.4. The minimum absolute atomic E-state index is 0.200. The van der Waals surface area contributed by atoms with Gasteiger partial charge >= 0.3 is 0 Å². The Bertz CT molecular complexity index is 991. The minimum atomic E-state index is 0.200. The van der Waals surface area contributed by atoms with Gasteiger partial charge in [0.05, 0.1) is 24.0 Å². The van der Waals surface area contributed by atoms with Crippen molar-refractivity contribution in [2.45, 2.75) is 32.4 Å². The van der Waals surface area contributed by atoms with Crippen molar-refractivity contribution in [1.29, 1.82) is 0 Å². The second-order valence-electron chi connectivity index (χ2n) is 8.75. The van der Waals surface area contributed by atoms with Crippen molar-refractivity contribution < 1.29 is 9.21 Å². The van der Waals surface area contributed by atoms with E-state index in [0.29, 0.717) is 12.5 Å². The third-order valence-corrected chi connectivity index (χ3v) is 7.37. The lowest BCUT2D eigenvalue weighted by Crippen LogP contribution is -2.37. The lowest BCUT2D eigenvalue weighted by atomic mass is 9.90. The van der Waals surface area contributed by atoms with E-state index < -0.39 is 0 Å². The number of amides is 1. The van der Waals surface area contributed by atoms with E-state index >= 15 is 0 Å². The molecule has 0 bridgehead atoms. The van der Waals surface area contributed by atoms with Crippen molar-refractivity contribution in [3.05, 3.63) is 64.8 Å².